The molecule has 0 saturated carbocycles. The highest BCUT2D eigenvalue weighted by atomic mass is 16.7. The van der Waals surface area contributed by atoms with Crippen molar-refractivity contribution >= 4 is 6.16 Å². The third-order valence-electron chi connectivity index (χ3n) is 4.91. The monoisotopic (exact) mass is 382 g/mol. The van der Waals surface area contributed by atoms with Crippen LogP contribution in [0, 0.1) is 0 Å². The van der Waals surface area contributed by atoms with Crippen molar-refractivity contribution in [1.82, 2.24) is 0 Å². The maximum absolute atomic E-state index is 12.5. The SMILES string of the molecule is CCCCCCc1ccccc1OC(=O)Oc1cccc(CCC)c1CCC. The summed E-state index contributed by atoms with van der Waals surface area (Å²) in [4.78, 5) is 12.5. The fraction of sp³-hybridized carbons (Fsp3) is 0.480. The van der Waals surface area contributed by atoms with E-state index in [0.29, 0.717) is 11.5 Å². The van der Waals surface area contributed by atoms with Gasteiger partial charge >= 0.3 is 6.16 Å². The van der Waals surface area contributed by atoms with Gasteiger partial charge in [0.25, 0.3) is 0 Å². The summed E-state index contributed by atoms with van der Waals surface area (Å²) in [5, 5.41) is 0. The normalized spacial score (nSPS) is 10.7. The predicted octanol–water partition coefficient (Wildman–Crippen LogP) is 7.29. The largest absolute Gasteiger partial charge is 0.519 e. The van der Waals surface area contributed by atoms with Crippen molar-refractivity contribution in [2.45, 2.75) is 78.6 Å². The van der Waals surface area contributed by atoms with Gasteiger partial charge in [0.2, 0.25) is 0 Å². The number of carbonyl (C=O) groups is 1. The van der Waals surface area contributed by atoms with E-state index < -0.39 is 6.16 Å². The maximum Gasteiger partial charge on any atom is 0.519 e. The summed E-state index contributed by atoms with van der Waals surface area (Å²) in [5.41, 5.74) is 3.44. The first-order valence-electron chi connectivity index (χ1n) is 10.8. The minimum absolute atomic E-state index is 0.603. The zero-order chi connectivity index (χ0) is 20.2. The van der Waals surface area contributed by atoms with Crippen LogP contribution in [0.1, 0.15) is 76.0 Å². The van der Waals surface area contributed by atoms with Crippen molar-refractivity contribution in [2.24, 2.45) is 0 Å². The zero-order valence-corrected chi connectivity index (χ0v) is 17.6. The Morgan fingerprint density at radius 3 is 2.11 bits per heavy atom. The molecule has 0 spiro atoms. The molecule has 0 radical (unpaired) electrons. The molecule has 2 aromatic carbocycles. The Morgan fingerprint density at radius 1 is 0.679 bits per heavy atom. The first kappa shape index (κ1) is 22.0. The molecule has 2 aromatic rings. The molecule has 0 bridgehead atoms. The number of hydrogen-bond donors (Lipinski definition) is 0. The Bertz CT molecular complexity index is 736. The average molecular weight is 383 g/mol. The molecular formula is C25H34O3. The second-order valence-corrected chi connectivity index (χ2v) is 7.27. The number of rotatable bonds is 11. The quantitative estimate of drug-likeness (QED) is 0.232. The van der Waals surface area contributed by atoms with Gasteiger partial charge in [-0.15, -0.1) is 0 Å². The number of unbranched alkanes of at least 4 members (excludes halogenated alkanes) is 3. The van der Waals surface area contributed by atoms with Gasteiger partial charge in [-0.1, -0.05) is 83.2 Å². The van der Waals surface area contributed by atoms with Crippen LogP contribution in [-0.4, -0.2) is 6.16 Å². The van der Waals surface area contributed by atoms with Gasteiger partial charge in [0.1, 0.15) is 11.5 Å². The number of hydrogen-bond acceptors (Lipinski definition) is 3. The summed E-state index contributed by atoms with van der Waals surface area (Å²) < 4.78 is 11.2. The summed E-state index contributed by atoms with van der Waals surface area (Å²) in [6.45, 7) is 6.50. The van der Waals surface area contributed by atoms with Gasteiger partial charge in [0.15, 0.2) is 0 Å². The molecule has 2 rings (SSSR count). The Balaban J connectivity index is 2.07. The number of ether oxygens (including phenoxy) is 2. The van der Waals surface area contributed by atoms with Gasteiger partial charge in [0.05, 0.1) is 0 Å². The second-order valence-electron chi connectivity index (χ2n) is 7.27. The summed E-state index contributed by atoms with van der Waals surface area (Å²) >= 11 is 0. The Labute approximate surface area is 170 Å². The first-order valence-corrected chi connectivity index (χ1v) is 10.8. The smallest absolute Gasteiger partial charge is 0.394 e. The third-order valence-corrected chi connectivity index (χ3v) is 4.91. The maximum atomic E-state index is 12.5. The summed E-state index contributed by atoms with van der Waals surface area (Å²) in [6.07, 6.45) is 8.95. The van der Waals surface area contributed by atoms with E-state index in [-0.39, 0.29) is 0 Å². The molecule has 0 aromatic heterocycles. The highest BCUT2D eigenvalue weighted by Crippen LogP contribution is 2.27. The third kappa shape index (κ3) is 6.70. The van der Waals surface area contributed by atoms with Crippen molar-refractivity contribution in [3.63, 3.8) is 0 Å². The Morgan fingerprint density at radius 2 is 1.36 bits per heavy atom. The zero-order valence-electron chi connectivity index (χ0n) is 17.6. The molecule has 3 nitrogen and oxygen atoms in total. The molecule has 0 aliphatic carbocycles. The van der Waals surface area contributed by atoms with E-state index in [1.165, 1.54) is 24.8 Å². The molecular weight excluding hydrogens is 348 g/mol. The highest BCUT2D eigenvalue weighted by Gasteiger charge is 2.15. The Kier molecular flexibility index (Phi) is 9.61. The van der Waals surface area contributed by atoms with Crippen molar-refractivity contribution in [1.29, 1.82) is 0 Å². The van der Waals surface area contributed by atoms with Crippen LogP contribution in [0.2, 0.25) is 0 Å². The van der Waals surface area contributed by atoms with Crippen LogP contribution in [0.4, 0.5) is 4.79 Å². The molecule has 0 aliphatic heterocycles. The lowest BCUT2D eigenvalue weighted by Gasteiger charge is -2.15. The molecule has 0 atom stereocenters. The van der Waals surface area contributed by atoms with Gasteiger partial charge in [-0.25, -0.2) is 4.79 Å². The molecule has 0 saturated heterocycles. The van der Waals surface area contributed by atoms with Crippen molar-refractivity contribution in [3.8, 4) is 11.5 Å². The Hall–Kier alpha value is -2.29. The van der Waals surface area contributed by atoms with E-state index in [1.54, 1.807) is 0 Å². The lowest BCUT2D eigenvalue weighted by Crippen LogP contribution is -2.16. The summed E-state index contributed by atoms with van der Waals surface area (Å²) in [6, 6.07) is 13.7. The fourth-order valence-electron chi connectivity index (χ4n) is 3.50. The summed E-state index contributed by atoms with van der Waals surface area (Å²) in [5.74, 6) is 1.23. The van der Waals surface area contributed by atoms with Crippen LogP contribution in [0.15, 0.2) is 42.5 Å². The van der Waals surface area contributed by atoms with E-state index in [1.807, 2.05) is 36.4 Å². The van der Waals surface area contributed by atoms with Crippen molar-refractivity contribution in [2.75, 3.05) is 0 Å². The van der Waals surface area contributed by atoms with Gasteiger partial charge < -0.3 is 9.47 Å². The van der Waals surface area contributed by atoms with Gasteiger partial charge in [-0.05, 0) is 54.5 Å². The molecule has 0 heterocycles. The lowest BCUT2D eigenvalue weighted by molar-refractivity contribution is 0.151. The molecule has 3 heteroatoms. The lowest BCUT2D eigenvalue weighted by atomic mass is 9.99. The predicted molar refractivity (Wildman–Crippen MR) is 115 cm³/mol. The molecule has 152 valence electrons. The van der Waals surface area contributed by atoms with E-state index in [0.717, 1.165) is 49.7 Å². The number of aryl methyl sites for hydroxylation is 2. The fourth-order valence-corrected chi connectivity index (χ4v) is 3.50. The van der Waals surface area contributed by atoms with Gasteiger partial charge in [-0.2, -0.15) is 0 Å². The van der Waals surface area contributed by atoms with Crippen LogP contribution < -0.4 is 9.47 Å². The topological polar surface area (TPSA) is 35.5 Å². The van der Waals surface area contributed by atoms with E-state index in [4.69, 9.17) is 9.47 Å². The minimum atomic E-state index is -0.660. The van der Waals surface area contributed by atoms with E-state index >= 15 is 0 Å². The number of para-hydroxylation sites is 1. The molecule has 0 N–H and O–H groups in total. The van der Waals surface area contributed by atoms with Gasteiger partial charge in [-0.3, -0.25) is 0 Å². The van der Waals surface area contributed by atoms with Crippen LogP contribution in [-0.2, 0) is 19.3 Å². The average Bonchev–Trinajstić information content (AvgIpc) is 2.69. The molecule has 0 unspecified atom stereocenters. The molecule has 0 amide bonds. The van der Waals surface area contributed by atoms with E-state index in [9.17, 15) is 4.79 Å². The van der Waals surface area contributed by atoms with E-state index in [2.05, 4.69) is 26.8 Å². The standard InChI is InChI=1S/C25H34O3/c1-4-7-8-9-15-21-16-10-11-18-23(21)27-25(26)28-24-19-12-17-20(13-5-2)22(24)14-6-3/h10-12,16-19H,4-9,13-15H2,1-3H3. The second kappa shape index (κ2) is 12.2. The molecule has 0 fully saturated rings. The van der Waals surface area contributed by atoms with Crippen molar-refractivity contribution < 1.29 is 14.3 Å². The highest BCUT2D eigenvalue weighted by molar-refractivity contribution is 5.68. The van der Waals surface area contributed by atoms with Crippen LogP contribution in [0.25, 0.3) is 0 Å². The summed E-state index contributed by atoms with van der Waals surface area (Å²) in [7, 11) is 0. The van der Waals surface area contributed by atoms with Crippen molar-refractivity contribution in [3.05, 3.63) is 59.2 Å². The molecule has 28 heavy (non-hydrogen) atoms. The molecule has 0 aliphatic rings. The van der Waals surface area contributed by atoms with Gasteiger partial charge in [0, 0.05) is 0 Å². The van der Waals surface area contributed by atoms with Crippen LogP contribution in [0.3, 0.4) is 0 Å². The van der Waals surface area contributed by atoms with Crippen LogP contribution in [0.5, 0.6) is 11.5 Å². The van der Waals surface area contributed by atoms with Crippen LogP contribution >= 0.6 is 0 Å². The number of carbonyl (C=O) groups excluding carboxylic acids is 1. The first-order chi connectivity index (χ1) is 13.7. The minimum Gasteiger partial charge on any atom is -0.394 e. The number of benzene rings is 2.